The first-order valence-corrected chi connectivity index (χ1v) is 7.79. The first kappa shape index (κ1) is 17.5. The Morgan fingerprint density at radius 2 is 1.65 bits per heavy atom. The summed E-state index contributed by atoms with van der Waals surface area (Å²) in [6.45, 7) is 3.73. The van der Waals surface area contributed by atoms with Crippen molar-refractivity contribution in [1.82, 2.24) is 19.6 Å². The van der Waals surface area contributed by atoms with Crippen molar-refractivity contribution in [1.29, 1.82) is 0 Å². The molecule has 0 bridgehead atoms. The zero-order valence-electron chi connectivity index (χ0n) is 15.2. The molecular formula is C17H19N5O4. The van der Waals surface area contributed by atoms with Gasteiger partial charge in [-0.25, -0.2) is 9.50 Å². The maximum Gasteiger partial charge on any atom is 0.295 e. The first-order valence-electron chi connectivity index (χ1n) is 7.79. The number of fused-ring (bicyclic) bond motifs is 1. The standard InChI is InChI=1S/C17H19N5O4/c1-9-6-10(2)22-17(18-9)20-15(21-22)16(23)19-11-7-12(24-3)14(26-5)13(8-11)25-4/h6-8H,1-5H3,(H,19,23). The molecule has 1 N–H and O–H groups in total. The molecule has 1 amide bonds. The van der Waals surface area contributed by atoms with Gasteiger partial charge in [0.1, 0.15) is 0 Å². The Labute approximate surface area is 149 Å². The van der Waals surface area contributed by atoms with Crippen molar-refractivity contribution in [3.63, 3.8) is 0 Å². The normalized spacial score (nSPS) is 10.7. The number of nitrogens with zero attached hydrogens (tertiary/aromatic N) is 4. The van der Waals surface area contributed by atoms with Gasteiger partial charge in [-0.3, -0.25) is 4.79 Å². The van der Waals surface area contributed by atoms with Gasteiger partial charge in [-0.2, -0.15) is 4.98 Å². The SMILES string of the molecule is COc1cc(NC(=O)c2nc3nc(C)cc(C)n3n2)cc(OC)c1OC. The lowest BCUT2D eigenvalue weighted by Crippen LogP contribution is -2.14. The van der Waals surface area contributed by atoms with Crippen molar-refractivity contribution in [2.75, 3.05) is 26.6 Å². The van der Waals surface area contributed by atoms with Gasteiger partial charge in [0, 0.05) is 29.2 Å². The topological polar surface area (TPSA) is 99.9 Å². The number of amides is 1. The van der Waals surface area contributed by atoms with Gasteiger partial charge in [0.05, 0.1) is 21.3 Å². The number of carbonyl (C=O) groups excluding carboxylic acids is 1. The molecule has 2 heterocycles. The van der Waals surface area contributed by atoms with Crippen LogP contribution in [0.15, 0.2) is 18.2 Å². The molecule has 0 saturated heterocycles. The summed E-state index contributed by atoms with van der Waals surface area (Å²) in [5.74, 6) is 1.21. The largest absolute Gasteiger partial charge is 0.493 e. The van der Waals surface area contributed by atoms with Crippen LogP contribution in [-0.2, 0) is 0 Å². The number of hydrogen-bond donors (Lipinski definition) is 1. The molecule has 0 aliphatic heterocycles. The Bertz CT molecular complexity index is 958. The van der Waals surface area contributed by atoms with Crippen LogP contribution in [0.2, 0.25) is 0 Å². The van der Waals surface area contributed by atoms with E-state index in [9.17, 15) is 4.79 Å². The van der Waals surface area contributed by atoms with Gasteiger partial charge in [0.2, 0.25) is 11.6 Å². The number of aromatic nitrogens is 4. The molecule has 0 atom stereocenters. The van der Waals surface area contributed by atoms with E-state index in [1.54, 1.807) is 12.1 Å². The fraction of sp³-hybridized carbons (Fsp3) is 0.294. The van der Waals surface area contributed by atoms with E-state index in [1.165, 1.54) is 25.8 Å². The van der Waals surface area contributed by atoms with E-state index in [1.807, 2.05) is 19.9 Å². The highest BCUT2D eigenvalue weighted by atomic mass is 16.5. The summed E-state index contributed by atoms with van der Waals surface area (Å²) in [5, 5.41) is 6.95. The molecule has 3 aromatic rings. The van der Waals surface area contributed by atoms with E-state index in [2.05, 4.69) is 20.4 Å². The summed E-state index contributed by atoms with van der Waals surface area (Å²) in [6, 6.07) is 5.12. The van der Waals surface area contributed by atoms with Gasteiger partial charge < -0.3 is 19.5 Å². The molecule has 0 unspecified atom stereocenters. The molecule has 0 saturated carbocycles. The van der Waals surface area contributed by atoms with Gasteiger partial charge in [0.25, 0.3) is 11.7 Å². The van der Waals surface area contributed by atoms with Crippen LogP contribution < -0.4 is 19.5 Å². The van der Waals surface area contributed by atoms with Gasteiger partial charge in [-0.05, 0) is 19.9 Å². The second-order valence-corrected chi connectivity index (χ2v) is 5.55. The monoisotopic (exact) mass is 357 g/mol. The third-order valence-electron chi connectivity index (χ3n) is 3.74. The number of hydrogen-bond acceptors (Lipinski definition) is 7. The quantitative estimate of drug-likeness (QED) is 0.745. The van der Waals surface area contributed by atoms with Crippen LogP contribution in [0.3, 0.4) is 0 Å². The predicted octanol–water partition coefficient (Wildman–Crippen LogP) is 2.02. The molecule has 0 radical (unpaired) electrons. The van der Waals surface area contributed by atoms with Gasteiger partial charge in [0.15, 0.2) is 11.5 Å². The van der Waals surface area contributed by atoms with Gasteiger partial charge >= 0.3 is 0 Å². The average molecular weight is 357 g/mol. The summed E-state index contributed by atoms with van der Waals surface area (Å²) in [6.07, 6.45) is 0. The molecule has 0 spiro atoms. The van der Waals surface area contributed by atoms with Crippen molar-refractivity contribution in [3.05, 3.63) is 35.4 Å². The lowest BCUT2D eigenvalue weighted by atomic mass is 10.2. The first-order chi connectivity index (χ1) is 12.5. The third kappa shape index (κ3) is 3.10. The van der Waals surface area contributed by atoms with Crippen LogP contribution in [0.4, 0.5) is 5.69 Å². The minimum Gasteiger partial charge on any atom is -0.493 e. The zero-order chi connectivity index (χ0) is 18.8. The number of anilines is 1. The predicted molar refractivity (Wildman–Crippen MR) is 94.3 cm³/mol. The number of aryl methyl sites for hydroxylation is 2. The van der Waals surface area contributed by atoms with E-state index < -0.39 is 5.91 Å². The van der Waals surface area contributed by atoms with Crippen molar-refractivity contribution in [2.24, 2.45) is 0 Å². The van der Waals surface area contributed by atoms with Crippen LogP contribution in [-0.4, -0.2) is 46.8 Å². The van der Waals surface area contributed by atoms with E-state index in [0.717, 1.165) is 11.4 Å². The molecule has 0 aliphatic carbocycles. The van der Waals surface area contributed by atoms with Gasteiger partial charge in [-0.15, -0.1) is 5.10 Å². The Hall–Kier alpha value is -3.36. The van der Waals surface area contributed by atoms with Crippen molar-refractivity contribution >= 4 is 17.4 Å². The van der Waals surface area contributed by atoms with E-state index in [4.69, 9.17) is 14.2 Å². The number of nitrogens with one attached hydrogen (secondary N) is 1. The summed E-state index contributed by atoms with van der Waals surface area (Å²) in [7, 11) is 4.52. The highest BCUT2D eigenvalue weighted by Gasteiger charge is 2.18. The number of benzene rings is 1. The smallest absolute Gasteiger partial charge is 0.295 e. The third-order valence-corrected chi connectivity index (χ3v) is 3.74. The Morgan fingerprint density at radius 3 is 2.23 bits per heavy atom. The second kappa shape index (κ2) is 6.87. The minimum atomic E-state index is -0.471. The second-order valence-electron chi connectivity index (χ2n) is 5.55. The summed E-state index contributed by atoms with van der Waals surface area (Å²) in [5.41, 5.74) is 2.11. The van der Waals surface area contributed by atoms with Crippen molar-refractivity contribution in [2.45, 2.75) is 13.8 Å². The molecule has 0 aliphatic rings. The molecule has 9 nitrogen and oxygen atoms in total. The van der Waals surface area contributed by atoms with Crippen LogP contribution in [0.5, 0.6) is 17.2 Å². The zero-order valence-corrected chi connectivity index (χ0v) is 15.2. The van der Waals surface area contributed by atoms with Crippen molar-refractivity contribution in [3.8, 4) is 17.2 Å². The molecule has 2 aromatic heterocycles. The van der Waals surface area contributed by atoms with E-state index >= 15 is 0 Å². The molecule has 9 heteroatoms. The van der Waals surface area contributed by atoms with Crippen LogP contribution in [0, 0.1) is 13.8 Å². The maximum absolute atomic E-state index is 12.5. The number of rotatable bonds is 5. The minimum absolute atomic E-state index is 0.0138. The number of ether oxygens (including phenoxy) is 3. The summed E-state index contributed by atoms with van der Waals surface area (Å²) in [4.78, 5) is 21.0. The van der Waals surface area contributed by atoms with Crippen LogP contribution >= 0.6 is 0 Å². The fourth-order valence-electron chi connectivity index (χ4n) is 2.60. The Kier molecular flexibility index (Phi) is 4.61. The molecular weight excluding hydrogens is 338 g/mol. The molecule has 26 heavy (non-hydrogen) atoms. The lowest BCUT2D eigenvalue weighted by Gasteiger charge is -2.14. The maximum atomic E-state index is 12.5. The van der Waals surface area contributed by atoms with E-state index in [0.29, 0.717) is 28.7 Å². The average Bonchev–Trinajstić information content (AvgIpc) is 3.05. The molecule has 0 fully saturated rings. The lowest BCUT2D eigenvalue weighted by molar-refractivity contribution is 0.101. The number of carbonyl (C=O) groups is 1. The highest BCUT2D eigenvalue weighted by molar-refractivity contribution is 6.02. The van der Waals surface area contributed by atoms with Crippen LogP contribution in [0.1, 0.15) is 22.0 Å². The van der Waals surface area contributed by atoms with Gasteiger partial charge in [-0.1, -0.05) is 0 Å². The van der Waals surface area contributed by atoms with Crippen LogP contribution in [0.25, 0.3) is 5.78 Å². The Balaban J connectivity index is 1.94. The fourth-order valence-corrected chi connectivity index (χ4v) is 2.60. The highest BCUT2D eigenvalue weighted by Crippen LogP contribution is 2.39. The number of methoxy groups -OCH3 is 3. The summed E-state index contributed by atoms with van der Waals surface area (Å²) >= 11 is 0. The molecule has 3 rings (SSSR count). The van der Waals surface area contributed by atoms with E-state index in [-0.39, 0.29) is 5.82 Å². The molecule has 136 valence electrons. The Morgan fingerprint density at radius 1 is 1.00 bits per heavy atom. The summed E-state index contributed by atoms with van der Waals surface area (Å²) < 4.78 is 17.4. The molecule has 1 aromatic carbocycles. The van der Waals surface area contributed by atoms with Crippen molar-refractivity contribution < 1.29 is 19.0 Å².